The van der Waals surface area contributed by atoms with Crippen LogP contribution in [0.2, 0.25) is 0 Å². The second kappa shape index (κ2) is 8.13. The van der Waals surface area contributed by atoms with Gasteiger partial charge < -0.3 is 15.4 Å². The summed E-state index contributed by atoms with van der Waals surface area (Å²) in [5, 5.41) is 8.73. The smallest absolute Gasteiger partial charge is 0.319 e. The van der Waals surface area contributed by atoms with Crippen LogP contribution in [0.5, 0.6) is 5.75 Å². The van der Waals surface area contributed by atoms with Gasteiger partial charge in [-0.3, -0.25) is 0 Å². The monoisotopic (exact) mass is 373 g/mol. The number of anilines is 1. The molecule has 2 aromatic heterocycles. The van der Waals surface area contributed by atoms with Crippen molar-refractivity contribution in [3.63, 3.8) is 0 Å². The first-order valence-electron chi connectivity index (χ1n) is 7.93. The van der Waals surface area contributed by atoms with Crippen LogP contribution in [-0.2, 0) is 6.54 Å². The lowest BCUT2D eigenvalue weighted by Crippen LogP contribution is -2.28. The number of ether oxygens (including phenoxy) is 1. The van der Waals surface area contributed by atoms with E-state index in [0.717, 1.165) is 31.9 Å². The fourth-order valence-electron chi connectivity index (χ4n) is 2.23. The molecule has 3 rings (SSSR count). The van der Waals surface area contributed by atoms with Crippen LogP contribution in [0.1, 0.15) is 17.5 Å². The van der Waals surface area contributed by atoms with Crippen LogP contribution >= 0.6 is 22.7 Å². The number of hydrogen-bond acceptors (Lipinski definition) is 5. The summed E-state index contributed by atoms with van der Waals surface area (Å²) in [6.07, 6.45) is 0. The molecule has 2 N–H and O–H groups in total. The van der Waals surface area contributed by atoms with Crippen molar-refractivity contribution in [1.82, 2.24) is 10.3 Å². The third-order valence-corrected chi connectivity index (χ3v) is 5.65. The number of rotatable bonds is 6. The van der Waals surface area contributed by atoms with Crippen LogP contribution in [0.4, 0.5) is 10.5 Å². The molecular formula is C18H19N3O2S2. The number of amides is 2. The Labute approximate surface area is 154 Å². The zero-order valence-corrected chi connectivity index (χ0v) is 15.7. The third kappa shape index (κ3) is 4.58. The number of aromatic nitrogens is 1. The summed E-state index contributed by atoms with van der Waals surface area (Å²) in [4.78, 5) is 18.9. The van der Waals surface area contributed by atoms with E-state index in [1.807, 2.05) is 49.6 Å². The lowest BCUT2D eigenvalue weighted by Gasteiger charge is -2.08. The van der Waals surface area contributed by atoms with Gasteiger partial charge in [0.15, 0.2) is 0 Å². The maximum atomic E-state index is 12.1. The summed E-state index contributed by atoms with van der Waals surface area (Å²) in [7, 11) is 0. The van der Waals surface area contributed by atoms with Gasteiger partial charge in [-0.25, -0.2) is 9.78 Å². The molecule has 2 heterocycles. The number of nitrogens with zero attached hydrogens (tertiary/aromatic N) is 1. The van der Waals surface area contributed by atoms with Gasteiger partial charge in [-0.15, -0.1) is 22.7 Å². The third-order valence-electron chi connectivity index (χ3n) is 3.46. The summed E-state index contributed by atoms with van der Waals surface area (Å²) in [6, 6.07) is 11.1. The molecule has 7 heteroatoms. The number of thiophene rings is 1. The zero-order valence-electron chi connectivity index (χ0n) is 14.0. The van der Waals surface area contributed by atoms with Crippen LogP contribution in [0, 0.1) is 6.92 Å². The zero-order chi connectivity index (χ0) is 17.6. The minimum Gasteiger partial charge on any atom is -0.494 e. The van der Waals surface area contributed by atoms with Crippen LogP contribution in [0.3, 0.4) is 0 Å². The van der Waals surface area contributed by atoms with Crippen LogP contribution in [0.25, 0.3) is 9.88 Å². The topological polar surface area (TPSA) is 63.2 Å². The van der Waals surface area contributed by atoms with Gasteiger partial charge in [-0.2, -0.15) is 0 Å². The van der Waals surface area contributed by atoms with Gasteiger partial charge in [0.1, 0.15) is 10.8 Å². The SMILES string of the molecule is CCOc1ccc(NC(=O)NCc2sc(-c3cccs3)nc2C)cc1. The molecule has 0 saturated heterocycles. The summed E-state index contributed by atoms with van der Waals surface area (Å²) < 4.78 is 5.38. The highest BCUT2D eigenvalue weighted by molar-refractivity contribution is 7.21. The van der Waals surface area contributed by atoms with Crippen LogP contribution in [-0.4, -0.2) is 17.6 Å². The fourth-order valence-corrected chi connectivity index (χ4v) is 4.03. The Kier molecular flexibility index (Phi) is 5.67. The van der Waals surface area contributed by atoms with Gasteiger partial charge >= 0.3 is 6.03 Å². The highest BCUT2D eigenvalue weighted by Crippen LogP contribution is 2.30. The quantitative estimate of drug-likeness (QED) is 0.646. The number of nitrogens with one attached hydrogen (secondary N) is 2. The first-order chi connectivity index (χ1) is 12.2. The normalized spacial score (nSPS) is 10.5. The van der Waals surface area contributed by atoms with Crippen LogP contribution in [0.15, 0.2) is 41.8 Å². The Morgan fingerprint density at radius 2 is 2.04 bits per heavy atom. The number of benzene rings is 1. The number of hydrogen-bond donors (Lipinski definition) is 2. The second-order valence-electron chi connectivity index (χ2n) is 5.27. The highest BCUT2D eigenvalue weighted by Gasteiger charge is 2.11. The molecule has 0 aliphatic carbocycles. The van der Waals surface area contributed by atoms with Crippen molar-refractivity contribution in [2.45, 2.75) is 20.4 Å². The summed E-state index contributed by atoms with van der Waals surface area (Å²) in [5.74, 6) is 0.787. The van der Waals surface area contributed by atoms with E-state index in [9.17, 15) is 4.79 Å². The number of aryl methyl sites for hydroxylation is 1. The molecule has 0 atom stereocenters. The molecule has 0 fully saturated rings. The van der Waals surface area contributed by atoms with Gasteiger partial charge in [-0.05, 0) is 49.6 Å². The van der Waals surface area contributed by atoms with E-state index in [0.29, 0.717) is 13.2 Å². The average Bonchev–Trinajstić information content (AvgIpc) is 3.25. The molecule has 2 amide bonds. The van der Waals surface area contributed by atoms with E-state index in [4.69, 9.17) is 4.74 Å². The predicted octanol–water partition coefficient (Wildman–Crippen LogP) is 4.90. The van der Waals surface area contributed by atoms with Crippen molar-refractivity contribution >= 4 is 34.4 Å². The molecule has 0 saturated carbocycles. The van der Waals surface area contributed by atoms with Crippen molar-refractivity contribution in [2.75, 3.05) is 11.9 Å². The molecule has 0 aliphatic heterocycles. The Morgan fingerprint density at radius 1 is 1.24 bits per heavy atom. The first-order valence-corrected chi connectivity index (χ1v) is 9.63. The van der Waals surface area contributed by atoms with Crippen molar-refractivity contribution < 1.29 is 9.53 Å². The summed E-state index contributed by atoms with van der Waals surface area (Å²) >= 11 is 3.28. The molecule has 0 radical (unpaired) electrons. The molecule has 0 unspecified atom stereocenters. The van der Waals surface area contributed by atoms with Gasteiger partial charge in [0.25, 0.3) is 0 Å². The van der Waals surface area contributed by atoms with Crippen molar-refractivity contribution in [1.29, 1.82) is 0 Å². The fraction of sp³-hybridized carbons (Fsp3) is 0.222. The minimum atomic E-state index is -0.241. The molecule has 130 valence electrons. The standard InChI is InChI=1S/C18H19N3O2S2/c1-3-23-14-8-6-13(7-9-14)21-18(22)19-11-16-12(2)20-17(25-16)15-5-4-10-24-15/h4-10H,3,11H2,1-2H3,(H2,19,21,22). The Balaban J connectivity index is 1.55. The van der Waals surface area contributed by atoms with Gasteiger partial charge in [0, 0.05) is 10.6 Å². The first kappa shape index (κ1) is 17.4. The molecule has 1 aromatic carbocycles. The van der Waals surface area contributed by atoms with Crippen molar-refractivity contribution in [3.05, 3.63) is 52.3 Å². The minimum absolute atomic E-state index is 0.241. The van der Waals surface area contributed by atoms with Gasteiger partial charge in [0.05, 0.1) is 23.7 Å². The number of carbonyl (C=O) groups is 1. The van der Waals surface area contributed by atoms with E-state index in [1.54, 1.807) is 22.7 Å². The maximum absolute atomic E-state index is 12.1. The number of urea groups is 1. The Hall–Kier alpha value is -2.38. The van der Waals surface area contributed by atoms with Crippen molar-refractivity contribution in [2.24, 2.45) is 0 Å². The predicted molar refractivity (Wildman–Crippen MR) is 104 cm³/mol. The van der Waals surface area contributed by atoms with Gasteiger partial charge in [0.2, 0.25) is 0 Å². The van der Waals surface area contributed by atoms with E-state index < -0.39 is 0 Å². The molecule has 0 bridgehead atoms. The van der Waals surface area contributed by atoms with E-state index >= 15 is 0 Å². The lowest BCUT2D eigenvalue weighted by atomic mass is 10.3. The van der Waals surface area contributed by atoms with Gasteiger partial charge in [-0.1, -0.05) is 6.07 Å². The molecule has 3 aromatic rings. The lowest BCUT2D eigenvalue weighted by molar-refractivity contribution is 0.252. The number of carbonyl (C=O) groups excluding carboxylic acids is 1. The molecular weight excluding hydrogens is 354 g/mol. The van der Waals surface area contributed by atoms with Crippen LogP contribution < -0.4 is 15.4 Å². The van der Waals surface area contributed by atoms with E-state index in [-0.39, 0.29) is 6.03 Å². The Morgan fingerprint density at radius 3 is 2.72 bits per heavy atom. The average molecular weight is 374 g/mol. The van der Waals surface area contributed by atoms with E-state index in [1.165, 1.54) is 0 Å². The molecule has 0 aliphatic rings. The molecule has 25 heavy (non-hydrogen) atoms. The summed E-state index contributed by atoms with van der Waals surface area (Å²) in [5.41, 5.74) is 1.68. The summed E-state index contributed by atoms with van der Waals surface area (Å²) in [6.45, 7) is 4.98. The maximum Gasteiger partial charge on any atom is 0.319 e. The second-order valence-corrected chi connectivity index (χ2v) is 7.30. The Bertz CT molecular complexity index is 827. The van der Waals surface area contributed by atoms with Crippen molar-refractivity contribution in [3.8, 4) is 15.6 Å². The number of thiazole rings is 1. The largest absolute Gasteiger partial charge is 0.494 e. The van der Waals surface area contributed by atoms with E-state index in [2.05, 4.69) is 21.7 Å². The molecule has 0 spiro atoms. The molecule has 5 nitrogen and oxygen atoms in total. The highest BCUT2D eigenvalue weighted by atomic mass is 32.1.